The van der Waals surface area contributed by atoms with Gasteiger partial charge in [0.1, 0.15) is 0 Å². The predicted molar refractivity (Wildman–Crippen MR) is 85.0 cm³/mol. The van der Waals surface area contributed by atoms with Crippen LogP contribution in [0.25, 0.3) is 0 Å². The number of likely N-dealkylation sites (tertiary alicyclic amines) is 1. The molecule has 1 heterocycles. The second kappa shape index (κ2) is 6.95. The number of amides is 1. The van der Waals surface area contributed by atoms with Gasteiger partial charge in [-0.2, -0.15) is 4.31 Å². The molecule has 0 aliphatic carbocycles. The van der Waals surface area contributed by atoms with E-state index >= 15 is 0 Å². The van der Waals surface area contributed by atoms with Crippen molar-refractivity contribution in [2.24, 2.45) is 11.7 Å². The van der Waals surface area contributed by atoms with E-state index in [2.05, 4.69) is 0 Å². The Kier molecular flexibility index (Phi) is 5.44. The van der Waals surface area contributed by atoms with Crippen molar-refractivity contribution < 1.29 is 13.2 Å². The van der Waals surface area contributed by atoms with Gasteiger partial charge in [0.05, 0.1) is 11.4 Å². The van der Waals surface area contributed by atoms with Crippen LogP contribution < -0.4 is 5.73 Å². The second-order valence-electron chi connectivity index (χ2n) is 5.45. The average molecular weight is 346 g/mol. The molecule has 1 amide bonds. The lowest BCUT2D eigenvalue weighted by molar-refractivity contribution is -0.130. The molecule has 6 nitrogen and oxygen atoms in total. The third kappa shape index (κ3) is 3.78. The number of carbonyl (C=O) groups is 1. The Morgan fingerprint density at radius 3 is 2.59 bits per heavy atom. The van der Waals surface area contributed by atoms with E-state index < -0.39 is 10.0 Å². The van der Waals surface area contributed by atoms with Crippen LogP contribution in [-0.2, 0) is 14.8 Å². The molecule has 22 heavy (non-hydrogen) atoms. The molecule has 1 aliphatic heterocycles. The van der Waals surface area contributed by atoms with E-state index in [1.807, 2.05) is 0 Å². The minimum Gasteiger partial charge on any atom is -0.341 e. The highest BCUT2D eigenvalue weighted by molar-refractivity contribution is 7.89. The second-order valence-corrected chi connectivity index (χ2v) is 7.93. The average Bonchev–Trinajstić information content (AvgIpc) is 2.96. The summed E-state index contributed by atoms with van der Waals surface area (Å²) in [6.45, 7) is 1.60. The molecule has 8 heteroatoms. The lowest BCUT2D eigenvalue weighted by Crippen LogP contribution is -2.40. The highest BCUT2D eigenvalue weighted by Crippen LogP contribution is 2.19. The number of nitrogens with two attached hydrogens (primary N) is 1. The molecule has 0 bridgehead atoms. The minimum atomic E-state index is -3.70. The molecule has 1 fully saturated rings. The summed E-state index contributed by atoms with van der Waals surface area (Å²) in [5, 5.41) is 0.461. The fourth-order valence-electron chi connectivity index (χ4n) is 2.41. The van der Waals surface area contributed by atoms with Crippen LogP contribution in [0.1, 0.15) is 6.42 Å². The molecular formula is C14H20ClN3O3S. The molecule has 1 atom stereocenters. The topological polar surface area (TPSA) is 83.7 Å². The zero-order valence-corrected chi connectivity index (χ0v) is 14.0. The van der Waals surface area contributed by atoms with E-state index in [0.29, 0.717) is 30.6 Å². The van der Waals surface area contributed by atoms with Crippen LogP contribution >= 0.6 is 11.6 Å². The number of likely N-dealkylation sites (N-methyl/N-ethyl adjacent to an activating group) is 1. The highest BCUT2D eigenvalue weighted by Gasteiger charge is 2.29. The van der Waals surface area contributed by atoms with Gasteiger partial charge in [0.15, 0.2) is 0 Å². The Morgan fingerprint density at radius 1 is 1.41 bits per heavy atom. The Hall–Kier alpha value is -1.15. The summed E-state index contributed by atoms with van der Waals surface area (Å²) < 4.78 is 25.9. The number of hydrogen-bond donors (Lipinski definition) is 1. The van der Waals surface area contributed by atoms with Crippen LogP contribution in [0.2, 0.25) is 5.02 Å². The van der Waals surface area contributed by atoms with Crippen molar-refractivity contribution in [3.63, 3.8) is 0 Å². The first-order valence-electron chi connectivity index (χ1n) is 7.04. The SMILES string of the molecule is CN(CC(=O)N1CCC(CN)C1)S(=O)(=O)c1ccc(Cl)cc1. The molecule has 2 rings (SSSR count). The summed E-state index contributed by atoms with van der Waals surface area (Å²) in [6.07, 6.45) is 0.871. The van der Waals surface area contributed by atoms with Crippen molar-refractivity contribution in [2.75, 3.05) is 33.2 Å². The van der Waals surface area contributed by atoms with E-state index in [0.717, 1.165) is 10.7 Å². The van der Waals surface area contributed by atoms with Crippen molar-refractivity contribution in [1.29, 1.82) is 0 Å². The summed E-state index contributed by atoms with van der Waals surface area (Å²) >= 11 is 5.76. The van der Waals surface area contributed by atoms with Crippen LogP contribution in [-0.4, -0.2) is 56.8 Å². The van der Waals surface area contributed by atoms with Gasteiger partial charge in [0, 0.05) is 25.2 Å². The fraction of sp³-hybridized carbons (Fsp3) is 0.500. The van der Waals surface area contributed by atoms with Gasteiger partial charge in [-0.1, -0.05) is 11.6 Å². The third-order valence-corrected chi connectivity index (χ3v) is 5.92. The molecule has 1 unspecified atom stereocenters. The monoisotopic (exact) mass is 345 g/mol. The summed E-state index contributed by atoms with van der Waals surface area (Å²) in [5.74, 6) is 0.109. The molecule has 122 valence electrons. The van der Waals surface area contributed by atoms with Crippen molar-refractivity contribution in [2.45, 2.75) is 11.3 Å². The van der Waals surface area contributed by atoms with E-state index in [9.17, 15) is 13.2 Å². The summed E-state index contributed by atoms with van der Waals surface area (Å²) in [7, 11) is -2.30. The molecule has 2 N–H and O–H groups in total. The maximum absolute atomic E-state index is 12.4. The number of rotatable bonds is 5. The third-order valence-electron chi connectivity index (χ3n) is 3.85. The number of nitrogens with zero attached hydrogens (tertiary/aromatic N) is 2. The molecule has 0 radical (unpaired) electrons. The maximum Gasteiger partial charge on any atom is 0.243 e. The lowest BCUT2D eigenvalue weighted by Gasteiger charge is -2.21. The Labute approximate surface area is 135 Å². The van der Waals surface area contributed by atoms with E-state index in [1.54, 1.807) is 4.90 Å². The van der Waals surface area contributed by atoms with Crippen molar-refractivity contribution >= 4 is 27.5 Å². The van der Waals surface area contributed by atoms with Crippen LogP contribution in [0, 0.1) is 5.92 Å². The number of halogens is 1. The number of carbonyl (C=O) groups excluding carboxylic acids is 1. The van der Waals surface area contributed by atoms with Gasteiger partial charge in [-0.3, -0.25) is 4.79 Å². The van der Waals surface area contributed by atoms with Gasteiger partial charge >= 0.3 is 0 Å². The van der Waals surface area contributed by atoms with Crippen LogP contribution in [0.4, 0.5) is 0 Å². The first-order chi connectivity index (χ1) is 10.3. The number of benzene rings is 1. The van der Waals surface area contributed by atoms with Crippen molar-refractivity contribution in [3.8, 4) is 0 Å². The highest BCUT2D eigenvalue weighted by atomic mass is 35.5. The quantitative estimate of drug-likeness (QED) is 0.854. The van der Waals surface area contributed by atoms with E-state index in [4.69, 9.17) is 17.3 Å². The Morgan fingerprint density at radius 2 is 2.05 bits per heavy atom. The van der Waals surface area contributed by atoms with Gasteiger partial charge in [-0.25, -0.2) is 8.42 Å². The van der Waals surface area contributed by atoms with Crippen LogP contribution in [0.3, 0.4) is 0 Å². The van der Waals surface area contributed by atoms with E-state index in [-0.39, 0.29) is 17.3 Å². The first kappa shape index (κ1) is 17.2. The normalized spacial score (nSPS) is 18.9. The smallest absolute Gasteiger partial charge is 0.243 e. The van der Waals surface area contributed by atoms with Crippen LogP contribution in [0.5, 0.6) is 0 Å². The minimum absolute atomic E-state index is 0.119. The molecule has 0 spiro atoms. The summed E-state index contributed by atoms with van der Waals surface area (Å²) in [6, 6.07) is 5.88. The number of hydrogen-bond acceptors (Lipinski definition) is 4. The standard InChI is InChI=1S/C14H20ClN3O3S/c1-17(10-14(19)18-7-6-11(8-16)9-18)22(20,21)13-4-2-12(15)3-5-13/h2-5,11H,6-10,16H2,1H3. The van der Waals surface area contributed by atoms with Gasteiger partial charge in [-0.15, -0.1) is 0 Å². The van der Waals surface area contributed by atoms with Crippen molar-refractivity contribution in [1.82, 2.24) is 9.21 Å². The lowest BCUT2D eigenvalue weighted by atomic mass is 10.1. The van der Waals surface area contributed by atoms with E-state index in [1.165, 1.54) is 31.3 Å². The molecular weight excluding hydrogens is 326 g/mol. The zero-order valence-electron chi connectivity index (χ0n) is 12.4. The molecule has 0 saturated carbocycles. The molecule has 1 aliphatic rings. The molecule has 1 aromatic carbocycles. The molecule has 0 aromatic heterocycles. The molecule has 1 aromatic rings. The summed E-state index contributed by atoms with van der Waals surface area (Å²) in [4.78, 5) is 14.0. The van der Waals surface area contributed by atoms with Crippen LogP contribution in [0.15, 0.2) is 29.2 Å². The largest absolute Gasteiger partial charge is 0.341 e. The molecule has 1 saturated heterocycles. The van der Waals surface area contributed by atoms with Gasteiger partial charge in [0.25, 0.3) is 0 Å². The first-order valence-corrected chi connectivity index (χ1v) is 8.86. The Balaban J connectivity index is 2.03. The van der Waals surface area contributed by atoms with Crippen molar-refractivity contribution in [3.05, 3.63) is 29.3 Å². The predicted octanol–water partition coefficient (Wildman–Crippen LogP) is 0.768. The van der Waals surface area contributed by atoms with Gasteiger partial charge < -0.3 is 10.6 Å². The Bertz CT molecular complexity index is 633. The maximum atomic E-state index is 12.4. The fourth-order valence-corrected chi connectivity index (χ4v) is 3.66. The number of sulfonamides is 1. The van der Waals surface area contributed by atoms with Gasteiger partial charge in [-0.05, 0) is 43.1 Å². The zero-order chi connectivity index (χ0) is 16.3. The summed E-state index contributed by atoms with van der Waals surface area (Å²) in [5.41, 5.74) is 5.60. The van der Waals surface area contributed by atoms with Gasteiger partial charge in [0.2, 0.25) is 15.9 Å².